The van der Waals surface area contributed by atoms with Gasteiger partial charge in [0.2, 0.25) is 0 Å². The van der Waals surface area contributed by atoms with E-state index in [1.807, 2.05) is 13.8 Å². The molecule has 0 aliphatic carbocycles. The average Bonchev–Trinajstić information content (AvgIpc) is 2.98. The molecule has 138 valence electrons. The zero-order valence-electron chi connectivity index (χ0n) is 15.0. The zero-order chi connectivity index (χ0) is 17.5. The highest BCUT2D eigenvalue weighted by Crippen LogP contribution is 2.33. The van der Waals surface area contributed by atoms with E-state index < -0.39 is 12.1 Å². The second-order valence-corrected chi connectivity index (χ2v) is 6.53. The van der Waals surface area contributed by atoms with Crippen molar-refractivity contribution in [1.82, 2.24) is 9.80 Å². The SMILES string of the molecule is CC.CC(C)N1CCC(OCCN2CCC(C(F)(F)F)CC2)C1. The van der Waals surface area contributed by atoms with Crippen molar-refractivity contribution in [1.29, 1.82) is 0 Å². The van der Waals surface area contributed by atoms with Crippen molar-refractivity contribution >= 4 is 0 Å². The highest BCUT2D eigenvalue weighted by molar-refractivity contribution is 4.79. The van der Waals surface area contributed by atoms with Crippen molar-refractivity contribution in [2.24, 2.45) is 5.92 Å². The predicted molar refractivity (Wildman–Crippen MR) is 87.6 cm³/mol. The van der Waals surface area contributed by atoms with Gasteiger partial charge in [-0.2, -0.15) is 13.2 Å². The van der Waals surface area contributed by atoms with Crippen LogP contribution in [0.3, 0.4) is 0 Å². The van der Waals surface area contributed by atoms with Gasteiger partial charge in [0, 0.05) is 25.7 Å². The highest BCUT2D eigenvalue weighted by atomic mass is 19.4. The fourth-order valence-corrected chi connectivity index (χ4v) is 3.19. The van der Waals surface area contributed by atoms with Gasteiger partial charge in [-0.3, -0.25) is 4.90 Å². The summed E-state index contributed by atoms with van der Waals surface area (Å²) >= 11 is 0. The monoisotopic (exact) mass is 338 g/mol. The highest BCUT2D eigenvalue weighted by Gasteiger charge is 2.40. The molecule has 0 bridgehead atoms. The lowest BCUT2D eigenvalue weighted by molar-refractivity contribution is -0.185. The Balaban J connectivity index is 0.00000127. The van der Waals surface area contributed by atoms with Crippen molar-refractivity contribution in [2.75, 3.05) is 39.3 Å². The Morgan fingerprint density at radius 2 is 1.65 bits per heavy atom. The smallest absolute Gasteiger partial charge is 0.376 e. The van der Waals surface area contributed by atoms with Crippen LogP contribution in [0.4, 0.5) is 13.2 Å². The molecule has 0 aromatic heterocycles. The third-order valence-corrected chi connectivity index (χ3v) is 4.72. The fraction of sp³-hybridized carbons (Fsp3) is 1.00. The van der Waals surface area contributed by atoms with Crippen molar-refractivity contribution in [3.63, 3.8) is 0 Å². The van der Waals surface area contributed by atoms with Gasteiger partial charge in [-0.15, -0.1) is 0 Å². The maximum atomic E-state index is 12.6. The first-order chi connectivity index (χ1) is 10.9. The lowest BCUT2D eigenvalue weighted by Gasteiger charge is -2.32. The van der Waals surface area contributed by atoms with Crippen molar-refractivity contribution in [2.45, 2.75) is 65.3 Å². The van der Waals surface area contributed by atoms with Gasteiger partial charge in [0.05, 0.1) is 18.6 Å². The van der Waals surface area contributed by atoms with E-state index in [0.29, 0.717) is 31.8 Å². The van der Waals surface area contributed by atoms with Crippen LogP contribution in [0.2, 0.25) is 0 Å². The number of hydrogen-bond acceptors (Lipinski definition) is 3. The van der Waals surface area contributed by atoms with E-state index in [1.165, 1.54) is 0 Å². The topological polar surface area (TPSA) is 15.7 Å². The van der Waals surface area contributed by atoms with Crippen LogP contribution in [0.5, 0.6) is 0 Å². The summed E-state index contributed by atoms with van der Waals surface area (Å²) in [5.74, 6) is -1.11. The molecule has 0 aromatic carbocycles. The lowest BCUT2D eigenvalue weighted by atomic mass is 9.96. The van der Waals surface area contributed by atoms with E-state index in [0.717, 1.165) is 26.1 Å². The molecular formula is C17H33F3N2O. The van der Waals surface area contributed by atoms with Crippen molar-refractivity contribution in [3.8, 4) is 0 Å². The van der Waals surface area contributed by atoms with Crippen LogP contribution in [-0.4, -0.2) is 67.5 Å². The molecule has 6 heteroatoms. The van der Waals surface area contributed by atoms with E-state index in [9.17, 15) is 13.2 Å². The Morgan fingerprint density at radius 3 is 2.13 bits per heavy atom. The molecule has 0 saturated carbocycles. The Hall–Kier alpha value is -0.330. The summed E-state index contributed by atoms with van der Waals surface area (Å²) in [6.45, 7) is 12.9. The number of piperidine rings is 1. The van der Waals surface area contributed by atoms with E-state index in [4.69, 9.17) is 4.74 Å². The summed E-state index contributed by atoms with van der Waals surface area (Å²) in [7, 11) is 0. The van der Waals surface area contributed by atoms with E-state index in [1.54, 1.807) is 0 Å². The van der Waals surface area contributed by atoms with Crippen molar-refractivity contribution in [3.05, 3.63) is 0 Å². The normalized spacial score (nSPS) is 24.8. The molecule has 2 heterocycles. The zero-order valence-corrected chi connectivity index (χ0v) is 15.0. The molecule has 0 radical (unpaired) electrons. The Kier molecular flexibility index (Phi) is 8.86. The molecule has 2 aliphatic heterocycles. The Morgan fingerprint density at radius 1 is 1.04 bits per heavy atom. The number of rotatable bonds is 5. The summed E-state index contributed by atoms with van der Waals surface area (Å²) in [5.41, 5.74) is 0. The first-order valence-corrected chi connectivity index (χ1v) is 9.01. The number of likely N-dealkylation sites (tertiary alicyclic amines) is 2. The number of alkyl halides is 3. The largest absolute Gasteiger partial charge is 0.391 e. The van der Waals surface area contributed by atoms with Crippen LogP contribution in [0.1, 0.15) is 47.0 Å². The second-order valence-electron chi connectivity index (χ2n) is 6.53. The number of hydrogen-bond donors (Lipinski definition) is 0. The van der Waals surface area contributed by atoms with Gasteiger partial charge in [0.1, 0.15) is 0 Å². The molecule has 23 heavy (non-hydrogen) atoms. The Labute approximate surface area is 139 Å². The number of ether oxygens (including phenoxy) is 1. The third-order valence-electron chi connectivity index (χ3n) is 4.72. The number of nitrogens with zero attached hydrogens (tertiary/aromatic N) is 2. The van der Waals surface area contributed by atoms with Crippen LogP contribution in [0.15, 0.2) is 0 Å². The fourth-order valence-electron chi connectivity index (χ4n) is 3.19. The maximum absolute atomic E-state index is 12.6. The van der Waals surface area contributed by atoms with Gasteiger partial charge in [-0.25, -0.2) is 0 Å². The summed E-state index contributed by atoms with van der Waals surface area (Å²) in [5, 5.41) is 0. The summed E-state index contributed by atoms with van der Waals surface area (Å²) in [4.78, 5) is 4.50. The van der Waals surface area contributed by atoms with Crippen molar-refractivity contribution < 1.29 is 17.9 Å². The van der Waals surface area contributed by atoms with Gasteiger partial charge in [-0.1, -0.05) is 13.8 Å². The summed E-state index contributed by atoms with van der Waals surface area (Å²) in [6, 6.07) is 0.556. The van der Waals surface area contributed by atoms with Gasteiger partial charge in [-0.05, 0) is 46.2 Å². The van der Waals surface area contributed by atoms with E-state index in [-0.39, 0.29) is 12.8 Å². The minimum Gasteiger partial charge on any atom is -0.376 e. The quantitative estimate of drug-likeness (QED) is 0.759. The molecule has 2 fully saturated rings. The molecule has 2 aliphatic rings. The molecular weight excluding hydrogens is 305 g/mol. The van der Waals surface area contributed by atoms with E-state index in [2.05, 4.69) is 23.6 Å². The first-order valence-electron chi connectivity index (χ1n) is 9.01. The van der Waals surface area contributed by atoms with E-state index >= 15 is 0 Å². The Bertz CT molecular complexity index is 315. The van der Waals surface area contributed by atoms with Crippen LogP contribution >= 0.6 is 0 Å². The molecule has 0 aromatic rings. The summed E-state index contributed by atoms with van der Waals surface area (Å²) < 4.78 is 43.6. The van der Waals surface area contributed by atoms with Gasteiger partial charge in [0.25, 0.3) is 0 Å². The molecule has 0 amide bonds. The lowest BCUT2D eigenvalue weighted by Crippen LogP contribution is -2.40. The molecule has 3 nitrogen and oxygen atoms in total. The van der Waals surface area contributed by atoms with Crippen LogP contribution < -0.4 is 0 Å². The third kappa shape index (κ3) is 6.98. The van der Waals surface area contributed by atoms with Crippen LogP contribution in [-0.2, 0) is 4.74 Å². The standard InChI is InChI=1S/C15H27F3N2O.C2H6/c1-12(2)20-8-5-14(11-20)21-10-9-19-6-3-13(4-7-19)15(16,17)18;1-2/h12-14H,3-11H2,1-2H3;1-2H3. The average molecular weight is 338 g/mol. The summed E-state index contributed by atoms with van der Waals surface area (Å²) in [6.07, 6.45) is -2.21. The molecule has 0 spiro atoms. The number of halogens is 3. The van der Waals surface area contributed by atoms with Gasteiger partial charge >= 0.3 is 6.18 Å². The minimum absolute atomic E-state index is 0.230. The van der Waals surface area contributed by atoms with Gasteiger partial charge in [0.15, 0.2) is 0 Å². The van der Waals surface area contributed by atoms with Gasteiger partial charge < -0.3 is 9.64 Å². The first kappa shape index (κ1) is 20.7. The molecule has 1 atom stereocenters. The maximum Gasteiger partial charge on any atom is 0.391 e. The molecule has 2 rings (SSSR count). The minimum atomic E-state index is -4.02. The van der Waals surface area contributed by atoms with Crippen LogP contribution in [0, 0.1) is 5.92 Å². The molecule has 1 unspecified atom stereocenters. The molecule has 0 N–H and O–H groups in total. The predicted octanol–water partition coefficient (Wildman–Crippen LogP) is 3.79. The molecule has 2 saturated heterocycles. The second kappa shape index (κ2) is 9.84. The van der Waals surface area contributed by atoms with Crippen LogP contribution in [0.25, 0.3) is 0 Å².